The van der Waals surface area contributed by atoms with Gasteiger partial charge in [0.05, 0.1) is 0 Å². The molecule has 0 amide bonds. The van der Waals surface area contributed by atoms with E-state index in [2.05, 4.69) is 22.3 Å². The second-order valence-electron chi connectivity index (χ2n) is 4.86. The fourth-order valence-corrected chi connectivity index (χ4v) is 3.44. The molecule has 1 heterocycles. The van der Waals surface area contributed by atoms with Crippen molar-refractivity contribution < 1.29 is 0 Å². The number of nitrogens with two attached hydrogens (primary N) is 1. The maximum Gasteiger partial charge on any atom is 0.144 e. The van der Waals surface area contributed by atoms with Gasteiger partial charge in [-0.2, -0.15) is 0 Å². The van der Waals surface area contributed by atoms with Crippen LogP contribution in [0.2, 0.25) is 0 Å². The van der Waals surface area contributed by atoms with Crippen LogP contribution in [-0.2, 0) is 6.42 Å². The Morgan fingerprint density at radius 1 is 1.39 bits per heavy atom. The molecule has 1 saturated carbocycles. The summed E-state index contributed by atoms with van der Waals surface area (Å²) in [4.78, 5) is 8.95. The van der Waals surface area contributed by atoms with Crippen molar-refractivity contribution >= 4 is 17.6 Å². The summed E-state index contributed by atoms with van der Waals surface area (Å²) >= 11 is 1.84. The van der Waals surface area contributed by atoms with E-state index < -0.39 is 0 Å². The molecule has 2 rings (SSSR count). The molecule has 1 aliphatic rings. The van der Waals surface area contributed by atoms with Gasteiger partial charge in [0, 0.05) is 18.2 Å². The summed E-state index contributed by atoms with van der Waals surface area (Å²) in [7, 11) is 0. The van der Waals surface area contributed by atoms with Gasteiger partial charge in [-0.3, -0.25) is 0 Å². The van der Waals surface area contributed by atoms with Crippen LogP contribution in [-0.4, -0.2) is 15.7 Å². The van der Waals surface area contributed by atoms with Crippen LogP contribution in [0.25, 0.3) is 0 Å². The molecular formula is C13H22N4S. The first-order chi connectivity index (χ1) is 8.81. The molecule has 0 aliphatic heterocycles. The van der Waals surface area contributed by atoms with Gasteiger partial charge in [0.25, 0.3) is 0 Å². The van der Waals surface area contributed by atoms with Crippen LogP contribution in [0.15, 0.2) is 11.1 Å². The average molecular weight is 266 g/mol. The molecule has 1 aromatic rings. The van der Waals surface area contributed by atoms with Crippen molar-refractivity contribution in [1.82, 2.24) is 9.97 Å². The number of rotatable bonds is 6. The molecule has 4 nitrogen and oxygen atoms in total. The SMILES string of the molecule is CCCc1nc(NN)cc(SCC2CCCC2)n1. The van der Waals surface area contributed by atoms with E-state index in [-0.39, 0.29) is 0 Å². The minimum atomic E-state index is 0.724. The summed E-state index contributed by atoms with van der Waals surface area (Å²) in [5.41, 5.74) is 2.63. The summed E-state index contributed by atoms with van der Waals surface area (Å²) in [6.45, 7) is 2.14. The molecule has 1 fully saturated rings. The number of nitrogen functional groups attached to an aromatic ring is 1. The first-order valence-electron chi connectivity index (χ1n) is 6.79. The smallest absolute Gasteiger partial charge is 0.144 e. The van der Waals surface area contributed by atoms with E-state index in [0.717, 1.165) is 35.4 Å². The zero-order valence-corrected chi connectivity index (χ0v) is 11.8. The maximum atomic E-state index is 5.45. The molecule has 0 bridgehead atoms. The minimum absolute atomic E-state index is 0.724. The summed E-state index contributed by atoms with van der Waals surface area (Å²) in [6.07, 6.45) is 7.51. The zero-order chi connectivity index (χ0) is 12.8. The molecule has 5 heteroatoms. The summed E-state index contributed by atoms with van der Waals surface area (Å²) in [5.74, 6) is 9.11. The van der Waals surface area contributed by atoms with E-state index in [9.17, 15) is 0 Å². The first kappa shape index (κ1) is 13.6. The van der Waals surface area contributed by atoms with E-state index in [0.29, 0.717) is 0 Å². The molecular weight excluding hydrogens is 244 g/mol. The molecule has 1 aromatic heterocycles. The lowest BCUT2D eigenvalue weighted by Gasteiger charge is -2.10. The van der Waals surface area contributed by atoms with Crippen molar-refractivity contribution in [3.63, 3.8) is 0 Å². The lowest BCUT2D eigenvalue weighted by molar-refractivity contribution is 0.622. The maximum absolute atomic E-state index is 5.45. The standard InChI is InChI=1S/C13H22N4S/c1-2-5-11-15-12(17-14)8-13(16-11)18-9-10-6-3-4-7-10/h8,10H,2-7,9,14H2,1H3,(H,15,16,17). The first-order valence-corrected chi connectivity index (χ1v) is 7.77. The number of anilines is 1. The molecule has 0 saturated heterocycles. The Balaban J connectivity index is 1.98. The van der Waals surface area contributed by atoms with Gasteiger partial charge in [0.1, 0.15) is 16.7 Å². The third-order valence-electron chi connectivity index (χ3n) is 3.31. The van der Waals surface area contributed by atoms with Crippen LogP contribution >= 0.6 is 11.8 Å². The van der Waals surface area contributed by atoms with E-state index >= 15 is 0 Å². The van der Waals surface area contributed by atoms with E-state index in [4.69, 9.17) is 5.84 Å². The van der Waals surface area contributed by atoms with Crippen molar-refractivity contribution in [2.24, 2.45) is 11.8 Å². The topological polar surface area (TPSA) is 63.8 Å². The molecule has 18 heavy (non-hydrogen) atoms. The third-order valence-corrected chi connectivity index (χ3v) is 4.46. The predicted octanol–water partition coefficient (Wildman–Crippen LogP) is 3.00. The van der Waals surface area contributed by atoms with E-state index in [1.807, 2.05) is 17.8 Å². The van der Waals surface area contributed by atoms with Gasteiger partial charge in [0.2, 0.25) is 0 Å². The highest BCUT2D eigenvalue weighted by Crippen LogP contribution is 2.30. The molecule has 0 spiro atoms. The summed E-state index contributed by atoms with van der Waals surface area (Å²) < 4.78 is 0. The lowest BCUT2D eigenvalue weighted by atomic mass is 10.1. The third kappa shape index (κ3) is 3.85. The quantitative estimate of drug-likeness (QED) is 0.359. The largest absolute Gasteiger partial charge is 0.308 e. The zero-order valence-electron chi connectivity index (χ0n) is 11.0. The van der Waals surface area contributed by atoms with Crippen LogP contribution in [0.5, 0.6) is 0 Å². The molecule has 1 aliphatic carbocycles. The van der Waals surface area contributed by atoms with Gasteiger partial charge < -0.3 is 5.43 Å². The second kappa shape index (κ2) is 6.95. The fourth-order valence-electron chi connectivity index (χ4n) is 2.34. The average Bonchev–Trinajstić information content (AvgIpc) is 2.89. The Hall–Kier alpha value is -0.810. The molecule has 0 atom stereocenters. The Kier molecular flexibility index (Phi) is 5.26. The number of nitrogens with one attached hydrogen (secondary N) is 1. The summed E-state index contributed by atoms with van der Waals surface area (Å²) in [6, 6.07) is 1.94. The van der Waals surface area contributed by atoms with Crippen molar-refractivity contribution in [2.75, 3.05) is 11.2 Å². The molecule has 0 radical (unpaired) electrons. The van der Waals surface area contributed by atoms with Crippen molar-refractivity contribution in [3.05, 3.63) is 11.9 Å². The number of aryl methyl sites for hydroxylation is 1. The molecule has 3 N–H and O–H groups in total. The highest BCUT2D eigenvalue weighted by molar-refractivity contribution is 7.99. The summed E-state index contributed by atoms with van der Waals surface area (Å²) in [5, 5.41) is 1.05. The van der Waals surface area contributed by atoms with E-state index in [1.165, 1.54) is 31.4 Å². The van der Waals surface area contributed by atoms with Gasteiger partial charge in [-0.25, -0.2) is 15.8 Å². The Labute approximate surface area is 113 Å². The van der Waals surface area contributed by atoms with E-state index in [1.54, 1.807) is 0 Å². The minimum Gasteiger partial charge on any atom is -0.308 e. The van der Waals surface area contributed by atoms with Gasteiger partial charge in [0.15, 0.2) is 0 Å². The Morgan fingerprint density at radius 2 is 2.17 bits per heavy atom. The Morgan fingerprint density at radius 3 is 2.83 bits per heavy atom. The van der Waals surface area contributed by atoms with Gasteiger partial charge in [-0.05, 0) is 25.2 Å². The van der Waals surface area contributed by atoms with Crippen LogP contribution in [0, 0.1) is 5.92 Å². The van der Waals surface area contributed by atoms with Gasteiger partial charge in [-0.1, -0.05) is 19.8 Å². The monoisotopic (exact) mass is 266 g/mol. The lowest BCUT2D eigenvalue weighted by Crippen LogP contribution is -2.11. The van der Waals surface area contributed by atoms with Crippen LogP contribution < -0.4 is 11.3 Å². The highest BCUT2D eigenvalue weighted by atomic mass is 32.2. The number of hydrogen-bond acceptors (Lipinski definition) is 5. The van der Waals surface area contributed by atoms with Crippen LogP contribution in [0.3, 0.4) is 0 Å². The molecule has 0 unspecified atom stereocenters. The number of nitrogens with zero attached hydrogens (tertiary/aromatic N) is 2. The number of hydrogen-bond donors (Lipinski definition) is 2. The fraction of sp³-hybridized carbons (Fsp3) is 0.692. The van der Waals surface area contributed by atoms with Gasteiger partial charge >= 0.3 is 0 Å². The molecule has 0 aromatic carbocycles. The number of hydrazine groups is 1. The number of aromatic nitrogens is 2. The highest BCUT2D eigenvalue weighted by Gasteiger charge is 2.15. The van der Waals surface area contributed by atoms with Crippen LogP contribution in [0.1, 0.15) is 44.9 Å². The van der Waals surface area contributed by atoms with Crippen molar-refractivity contribution in [2.45, 2.75) is 50.5 Å². The van der Waals surface area contributed by atoms with Crippen molar-refractivity contribution in [1.29, 1.82) is 0 Å². The second-order valence-corrected chi connectivity index (χ2v) is 5.90. The number of thioether (sulfide) groups is 1. The Bertz CT molecular complexity index is 377. The van der Waals surface area contributed by atoms with Crippen molar-refractivity contribution in [3.8, 4) is 0 Å². The predicted molar refractivity (Wildman–Crippen MR) is 76.5 cm³/mol. The van der Waals surface area contributed by atoms with Gasteiger partial charge in [-0.15, -0.1) is 11.8 Å². The van der Waals surface area contributed by atoms with Crippen LogP contribution in [0.4, 0.5) is 5.82 Å². The normalized spacial score (nSPS) is 16.1. The molecule has 100 valence electrons.